The average Bonchev–Trinajstić information content (AvgIpc) is 3.03. The lowest BCUT2D eigenvalue weighted by molar-refractivity contribution is -0.115. The zero-order valence-electron chi connectivity index (χ0n) is 14.5. The number of thiazole rings is 1. The van der Waals surface area contributed by atoms with E-state index in [2.05, 4.69) is 26.2 Å². The lowest BCUT2D eigenvalue weighted by atomic mass is 10.0. The van der Waals surface area contributed by atoms with Gasteiger partial charge in [-0.2, -0.15) is 0 Å². The molecule has 6 heteroatoms. The first-order chi connectivity index (χ1) is 12.6. The first-order valence-electron chi connectivity index (χ1n) is 8.67. The van der Waals surface area contributed by atoms with E-state index in [1.165, 1.54) is 17.7 Å². The average molecular weight is 431 g/mol. The number of hydrogen-bond acceptors (Lipinski definition) is 4. The lowest BCUT2D eigenvalue weighted by Gasteiger charge is -2.12. The van der Waals surface area contributed by atoms with Gasteiger partial charge in [0.2, 0.25) is 5.91 Å². The Balaban J connectivity index is 1.59. The summed E-state index contributed by atoms with van der Waals surface area (Å²) < 4.78 is 6.51. The molecule has 0 saturated heterocycles. The maximum atomic E-state index is 12.7. The van der Waals surface area contributed by atoms with Gasteiger partial charge in [-0.25, -0.2) is 4.98 Å². The maximum Gasteiger partial charge on any atom is 0.230 e. The molecule has 0 atom stereocenters. The van der Waals surface area contributed by atoms with Crippen molar-refractivity contribution in [2.45, 2.75) is 32.1 Å². The molecule has 1 amide bonds. The number of halogens is 1. The van der Waals surface area contributed by atoms with Crippen LogP contribution in [0.25, 0.3) is 10.8 Å². The van der Waals surface area contributed by atoms with Gasteiger partial charge in [0.1, 0.15) is 5.75 Å². The number of nitrogens with one attached hydrogen (secondary N) is 1. The van der Waals surface area contributed by atoms with Crippen molar-refractivity contribution < 1.29 is 9.53 Å². The molecule has 26 heavy (non-hydrogen) atoms. The second-order valence-corrected chi connectivity index (χ2v) is 8.43. The standard InChI is InChI=1S/C20H19BrN2O2S/c1-25-17-9-6-12-10-13(21)7-8-14(12)15(17)11-19(24)23-20-22-16-4-2-3-5-18(16)26-20/h6-10H,2-5,11H2,1H3,(H,22,23,24). The van der Waals surface area contributed by atoms with Gasteiger partial charge >= 0.3 is 0 Å². The van der Waals surface area contributed by atoms with Crippen molar-refractivity contribution in [1.29, 1.82) is 0 Å². The molecular formula is C20H19BrN2O2S. The van der Waals surface area contributed by atoms with Crippen molar-refractivity contribution in [2.24, 2.45) is 0 Å². The van der Waals surface area contributed by atoms with Crippen LogP contribution in [0.5, 0.6) is 5.75 Å². The molecule has 1 aliphatic carbocycles. The van der Waals surface area contributed by atoms with E-state index in [4.69, 9.17) is 4.74 Å². The molecule has 0 fully saturated rings. The topological polar surface area (TPSA) is 51.2 Å². The summed E-state index contributed by atoms with van der Waals surface area (Å²) in [7, 11) is 1.64. The van der Waals surface area contributed by atoms with E-state index in [9.17, 15) is 4.79 Å². The number of carbonyl (C=O) groups excluding carboxylic acids is 1. The Morgan fingerprint density at radius 3 is 2.92 bits per heavy atom. The highest BCUT2D eigenvalue weighted by Gasteiger charge is 2.18. The minimum atomic E-state index is -0.0650. The van der Waals surface area contributed by atoms with Gasteiger partial charge in [0.05, 0.1) is 19.2 Å². The van der Waals surface area contributed by atoms with Crippen molar-refractivity contribution in [3.05, 3.63) is 50.9 Å². The zero-order valence-corrected chi connectivity index (χ0v) is 16.9. The predicted octanol–water partition coefficient (Wildman–Crippen LogP) is 5.13. The number of benzene rings is 2. The number of aromatic nitrogens is 1. The number of fused-ring (bicyclic) bond motifs is 2. The molecular weight excluding hydrogens is 412 g/mol. The molecule has 0 aliphatic heterocycles. The highest BCUT2D eigenvalue weighted by Crippen LogP contribution is 2.32. The van der Waals surface area contributed by atoms with Gasteiger partial charge in [-0.1, -0.05) is 28.1 Å². The van der Waals surface area contributed by atoms with Gasteiger partial charge in [-0.3, -0.25) is 4.79 Å². The molecule has 2 aromatic carbocycles. The van der Waals surface area contributed by atoms with Crippen molar-refractivity contribution in [2.75, 3.05) is 12.4 Å². The molecule has 1 aromatic heterocycles. The van der Waals surface area contributed by atoms with Gasteiger partial charge in [-0.15, -0.1) is 11.3 Å². The Kier molecular flexibility index (Phi) is 4.96. The molecule has 4 nitrogen and oxygen atoms in total. The largest absolute Gasteiger partial charge is 0.496 e. The number of hydrogen-bond donors (Lipinski definition) is 1. The van der Waals surface area contributed by atoms with Gasteiger partial charge in [0.25, 0.3) is 0 Å². The Morgan fingerprint density at radius 1 is 1.27 bits per heavy atom. The molecule has 4 rings (SSSR count). The Bertz CT molecular complexity index is 960. The predicted molar refractivity (Wildman–Crippen MR) is 109 cm³/mol. The Hall–Kier alpha value is -1.92. The Labute approximate surface area is 164 Å². The van der Waals surface area contributed by atoms with E-state index in [1.807, 2.05) is 30.3 Å². The van der Waals surface area contributed by atoms with E-state index in [0.717, 1.165) is 45.1 Å². The fourth-order valence-corrected chi connectivity index (χ4v) is 4.89. The third-order valence-electron chi connectivity index (χ3n) is 4.70. The van der Waals surface area contributed by atoms with Gasteiger partial charge in [-0.05, 0) is 54.7 Å². The van der Waals surface area contributed by atoms with Gasteiger partial charge < -0.3 is 10.1 Å². The number of methoxy groups -OCH3 is 1. The number of aryl methyl sites for hydroxylation is 2. The first kappa shape index (κ1) is 17.5. The van der Waals surface area contributed by atoms with Crippen molar-refractivity contribution in [1.82, 2.24) is 4.98 Å². The van der Waals surface area contributed by atoms with Crippen LogP contribution < -0.4 is 10.1 Å². The number of nitrogens with zero attached hydrogens (tertiary/aromatic N) is 1. The molecule has 1 N–H and O–H groups in total. The summed E-state index contributed by atoms with van der Waals surface area (Å²) in [6, 6.07) is 9.98. The molecule has 3 aromatic rings. The molecule has 1 aliphatic rings. The van der Waals surface area contributed by atoms with E-state index in [-0.39, 0.29) is 12.3 Å². The third-order valence-corrected chi connectivity index (χ3v) is 6.27. The SMILES string of the molecule is COc1ccc2cc(Br)ccc2c1CC(=O)Nc1nc2c(s1)CCCC2. The van der Waals surface area contributed by atoms with Crippen LogP contribution in [0.4, 0.5) is 5.13 Å². The van der Waals surface area contributed by atoms with Crippen LogP contribution in [0, 0.1) is 0 Å². The number of amides is 1. The van der Waals surface area contributed by atoms with E-state index >= 15 is 0 Å². The van der Waals surface area contributed by atoms with Crippen molar-refractivity contribution in [3.8, 4) is 5.75 Å². The second kappa shape index (κ2) is 7.37. The monoisotopic (exact) mass is 430 g/mol. The minimum Gasteiger partial charge on any atom is -0.496 e. The smallest absolute Gasteiger partial charge is 0.230 e. The summed E-state index contributed by atoms with van der Waals surface area (Å²) in [5, 5.41) is 5.80. The summed E-state index contributed by atoms with van der Waals surface area (Å²) in [6.07, 6.45) is 4.76. The minimum absolute atomic E-state index is 0.0650. The maximum absolute atomic E-state index is 12.7. The highest BCUT2D eigenvalue weighted by atomic mass is 79.9. The zero-order chi connectivity index (χ0) is 18.1. The molecule has 0 radical (unpaired) electrons. The summed E-state index contributed by atoms with van der Waals surface area (Å²) in [5.41, 5.74) is 2.06. The normalized spacial score (nSPS) is 13.5. The van der Waals surface area contributed by atoms with E-state index in [1.54, 1.807) is 18.4 Å². The number of anilines is 1. The molecule has 0 unspecified atom stereocenters. The number of ether oxygens (including phenoxy) is 1. The molecule has 1 heterocycles. The first-order valence-corrected chi connectivity index (χ1v) is 10.3. The summed E-state index contributed by atoms with van der Waals surface area (Å²) in [5.74, 6) is 0.665. The van der Waals surface area contributed by atoms with Crippen LogP contribution in [-0.4, -0.2) is 18.0 Å². The quantitative estimate of drug-likeness (QED) is 0.623. The van der Waals surface area contributed by atoms with Crippen molar-refractivity contribution >= 4 is 49.1 Å². The second-order valence-electron chi connectivity index (χ2n) is 6.43. The Morgan fingerprint density at radius 2 is 2.12 bits per heavy atom. The number of carbonyl (C=O) groups is 1. The van der Waals surface area contributed by atoms with Crippen LogP contribution in [0.2, 0.25) is 0 Å². The fourth-order valence-electron chi connectivity index (χ4n) is 3.45. The lowest BCUT2D eigenvalue weighted by Crippen LogP contribution is -2.15. The molecule has 134 valence electrons. The summed E-state index contributed by atoms with van der Waals surface area (Å²) in [6.45, 7) is 0. The summed E-state index contributed by atoms with van der Waals surface area (Å²) in [4.78, 5) is 18.6. The molecule has 0 saturated carbocycles. The fraction of sp³-hybridized carbons (Fsp3) is 0.300. The van der Waals surface area contributed by atoms with Crippen LogP contribution >= 0.6 is 27.3 Å². The highest BCUT2D eigenvalue weighted by molar-refractivity contribution is 9.10. The molecule has 0 spiro atoms. The van der Waals surface area contributed by atoms with E-state index in [0.29, 0.717) is 5.13 Å². The van der Waals surface area contributed by atoms with Crippen LogP contribution in [-0.2, 0) is 24.1 Å². The summed E-state index contributed by atoms with van der Waals surface area (Å²) >= 11 is 5.11. The van der Waals surface area contributed by atoms with Crippen LogP contribution in [0.15, 0.2) is 34.8 Å². The van der Waals surface area contributed by atoms with Gasteiger partial charge in [0, 0.05) is 14.9 Å². The number of rotatable bonds is 4. The van der Waals surface area contributed by atoms with Crippen LogP contribution in [0.1, 0.15) is 29.0 Å². The van der Waals surface area contributed by atoms with E-state index < -0.39 is 0 Å². The molecule has 0 bridgehead atoms. The van der Waals surface area contributed by atoms with Crippen molar-refractivity contribution in [3.63, 3.8) is 0 Å². The third kappa shape index (κ3) is 3.48. The van der Waals surface area contributed by atoms with Crippen LogP contribution in [0.3, 0.4) is 0 Å². The van der Waals surface area contributed by atoms with Gasteiger partial charge in [0.15, 0.2) is 5.13 Å².